The molecule has 0 aliphatic carbocycles. The standard InChI is InChI=1S/C47H29N3.C41H25N3/c1-3-10-30(11-4-1)31-12-9-13-32(24-31)33-18-21-45-40(25-33)42-28-35(27-41-37-16-7-8-17-43(37)50(45)47(41)42)34-19-20-44-39(26-34)38-22-23-48-29-46(38)49(44)36-14-5-2-6-15-36;1-2-11-30(12-3-1)43-39-18-17-28(22-34(39)33-19-20-42-25-40(33)43)26-9-8-10-27(21-26)29-23-35-31-13-4-6-15-37(31)44-38-16-7-5-14-32(38)36(24-29)41(35)44/h1-29H;1-25H. The van der Waals surface area contributed by atoms with Gasteiger partial charge in [-0.2, -0.15) is 0 Å². The summed E-state index contributed by atoms with van der Waals surface area (Å²) in [4.78, 5) is 8.97. The van der Waals surface area contributed by atoms with Crippen molar-refractivity contribution in [3.05, 3.63) is 328 Å². The van der Waals surface area contributed by atoms with Crippen LogP contribution in [0, 0.1) is 0 Å². The van der Waals surface area contributed by atoms with E-state index in [9.17, 15) is 0 Å². The van der Waals surface area contributed by atoms with Gasteiger partial charge in [-0.15, -0.1) is 0 Å². The van der Waals surface area contributed by atoms with Gasteiger partial charge >= 0.3 is 0 Å². The molecule has 0 radical (unpaired) electrons. The summed E-state index contributed by atoms with van der Waals surface area (Å²) in [6, 6.07) is 111. The van der Waals surface area contributed by atoms with Crippen LogP contribution < -0.4 is 0 Å². The minimum atomic E-state index is 1.11. The Morgan fingerprint density at radius 3 is 0.926 bits per heavy atom. The molecule has 0 aliphatic rings. The van der Waals surface area contributed by atoms with E-state index < -0.39 is 0 Å². The molecule has 8 aromatic heterocycles. The monoisotopic (exact) mass is 1190 g/mol. The molecule has 0 unspecified atom stereocenters. The Balaban J connectivity index is 0.000000130. The van der Waals surface area contributed by atoms with Crippen molar-refractivity contribution in [1.29, 1.82) is 0 Å². The number of nitrogens with zero attached hydrogens (tertiary/aromatic N) is 6. The predicted molar refractivity (Wildman–Crippen MR) is 394 cm³/mol. The lowest BCUT2D eigenvalue weighted by atomic mass is 9.95. The second kappa shape index (κ2) is 20.4. The highest BCUT2D eigenvalue weighted by Crippen LogP contribution is 2.46. The van der Waals surface area contributed by atoms with Crippen molar-refractivity contribution < 1.29 is 0 Å². The van der Waals surface area contributed by atoms with Crippen LogP contribution in [0.25, 0.3) is 187 Å². The summed E-state index contributed by atoms with van der Waals surface area (Å²) in [5.74, 6) is 0. The highest BCUT2D eigenvalue weighted by molar-refractivity contribution is 6.26. The summed E-state index contributed by atoms with van der Waals surface area (Å²) in [5, 5.41) is 15.2. The third-order valence-corrected chi connectivity index (χ3v) is 19.8. The summed E-state index contributed by atoms with van der Waals surface area (Å²) in [7, 11) is 0. The van der Waals surface area contributed by atoms with Crippen LogP contribution >= 0.6 is 0 Å². The van der Waals surface area contributed by atoms with Gasteiger partial charge in [0.15, 0.2) is 0 Å². The SMILES string of the molecule is c1ccc(-c2cccc(-c3ccc4c(c3)c3cc(-c5ccc6c(c5)c5ccncc5n6-c5ccccc5)cc5c6ccccc6n4c53)c2)cc1.c1ccc(-n2c3ccc(-c4cccc(-c5cc6c7ccccc7n7c8ccccc8c(c5)c67)c4)cc3c3ccncc32)cc1. The topological polar surface area (TPSA) is 44.5 Å². The first-order chi connectivity index (χ1) is 46.6. The van der Waals surface area contributed by atoms with E-state index >= 15 is 0 Å². The van der Waals surface area contributed by atoms with Crippen LogP contribution in [0.3, 0.4) is 0 Å². The molecular weight excluding hydrogens is 1140 g/mol. The molecule has 8 heterocycles. The zero-order valence-electron chi connectivity index (χ0n) is 50.9. The Kier molecular flexibility index (Phi) is 11.3. The van der Waals surface area contributed by atoms with E-state index in [0.29, 0.717) is 0 Å². The molecule has 0 saturated carbocycles. The first kappa shape index (κ1) is 52.2. The fraction of sp³-hybridized carbons (Fsp3) is 0. The number of aromatic nitrogens is 6. The van der Waals surface area contributed by atoms with Crippen LogP contribution in [0.1, 0.15) is 0 Å². The number of pyridine rings is 2. The Hall–Kier alpha value is -12.6. The van der Waals surface area contributed by atoms with Gasteiger partial charge in [0.25, 0.3) is 0 Å². The maximum absolute atomic E-state index is 4.51. The molecule has 94 heavy (non-hydrogen) atoms. The van der Waals surface area contributed by atoms with Crippen molar-refractivity contribution in [1.82, 2.24) is 27.9 Å². The average molecular weight is 1200 g/mol. The van der Waals surface area contributed by atoms with Crippen molar-refractivity contribution >= 4 is 120 Å². The third-order valence-electron chi connectivity index (χ3n) is 19.8. The molecule has 0 spiro atoms. The third kappa shape index (κ3) is 7.84. The number of hydrogen-bond donors (Lipinski definition) is 0. The maximum Gasteiger partial charge on any atom is 0.0724 e. The Morgan fingerprint density at radius 2 is 0.479 bits per heavy atom. The molecule has 0 bridgehead atoms. The van der Waals surface area contributed by atoms with Gasteiger partial charge in [-0.05, 0) is 183 Å². The van der Waals surface area contributed by atoms with Crippen LogP contribution in [-0.4, -0.2) is 27.9 Å². The van der Waals surface area contributed by atoms with E-state index in [4.69, 9.17) is 0 Å². The molecule has 21 rings (SSSR count). The van der Waals surface area contributed by atoms with E-state index in [2.05, 4.69) is 331 Å². The van der Waals surface area contributed by atoms with Gasteiger partial charge < -0.3 is 17.9 Å². The summed E-state index contributed by atoms with van der Waals surface area (Å²) < 4.78 is 9.53. The number of hydrogen-bond acceptors (Lipinski definition) is 2. The van der Waals surface area contributed by atoms with Crippen molar-refractivity contribution in [2.24, 2.45) is 0 Å². The molecule has 0 atom stereocenters. The van der Waals surface area contributed by atoms with E-state index in [1.165, 1.54) is 164 Å². The summed E-state index contributed by atoms with van der Waals surface area (Å²) in [6.07, 6.45) is 7.74. The smallest absolute Gasteiger partial charge is 0.0724 e. The van der Waals surface area contributed by atoms with Gasteiger partial charge in [-0.25, -0.2) is 0 Å². The largest absolute Gasteiger partial charge is 0.308 e. The molecule has 436 valence electrons. The Labute approximate surface area is 539 Å². The summed E-state index contributed by atoms with van der Waals surface area (Å²) in [6.45, 7) is 0. The van der Waals surface area contributed by atoms with Crippen LogP contribution in [0.2, 0.25) is 0 Å². The molecule has 0 saturated heterocycles. The van der Waals surface area contributed by atoms with Crippen molar-refractivity contribution in [2.45, 2.75) is 0 Å². The highest BCUT2D eigenvalue weighted by atomic mass is 15.0. The van der Waals surface area contributed by atoms with Gasteiger partial charge in [-0.3, -0.25) is 9.97 Å². The van der Waals surface area contributed by atoms with E-state index in [1.807, 2.05) is 24.8 Å². The maximum atomic E-state index is 4.51. The van der Waals surface area contributed by atoms with Gasteiger partial charge in [-0.1, -0.05) is 176 Å². The molecule has 21 aromatic rings. The fourth-order valence-electron chi connectivity index (χ4n) is 15.7. The molecule has 0 aliphatic heterocycles. The van der Waals surface area contributed by atoms with E-state index in [0.717, 1.165) is 22.4 Å². The second-order valence-electron chi connectivity index (χ2n) is 24.9. The fourth-order valence-corrected chi connectivity index (χ4v) is 15.7. The predicted octanol–water partition coefficient (Wildman–Crippen LogP) is 23.0. The zero-order chi connectivity index (χ0) is 61.5. The number of fused-ring (bicyclic) bond motifs is 18. The van der Waals surface area contributed by atoms with Gasteiger partial charge in [0.2, 0.25) is 0 Å². The van der Waals surface area contributed by atoms with Crippen LogP contribution in [0.15, 0.2) is 328 Å². The highest BCUT2D eigenvalue weighted by Gasteiger charge is 2.23. The molecule has 0 N–H and O–H groups in total. The van der Waals surface area contributed by atoms with Crippen LogP contribution in [-0.2, 0) is 0 Å². The van der Waals surface area contributed by atoms with E-state index in [1.54, 1.807) is 0 Å². The summed E-state index contributed by atoms with van der Waals surface area (Å²) >= 11 is 0. The van der Waals surface area contributed by atoms with Gasteiger partial charge in [0.1, 0.15) is 0 Å². The van der Waals surface area contributed by atoms with Gasteiger partial charge in [0.05, 0.1) is 67.6 Å². The Bertz CT molecular complexity index is 6500. The van der Waals surface area contributed by atoms with Crippen LogP contribution in [0.5, 0.6) is 0 Å². The second-order valence-corrected chi connectivity index (χ2v) is 24.9. The summed E-state index contributed by atoms with van der Waals surface area (Å²) in [5.41, 5.74) is 26.7. The lowest BCUT2D eigenvalue weighted by Crippen LogP contribution is -1.93. The zero-order valence-corrected chi connectivity index (χ0v) is 50.9. The lowest BCUT2D eigenvalue weighted by molar-refractivity contribution is 1.17. The molecule has 0 amide bonds. The molecule has 13 aromatic carbocycles. The minimum Gasteiger partial charge on any atom is -0.308 e. The number of para-hydroxylation sites is 5. The minimum absolute atomic E-state index is 1.11. The van der Waals surface area contributed by atoms with Crippen molar-refractivity contribution in [3.63, 3.8) is 0 Å². The quantitative estimate of drug-likeness (QED) is 0.160. The molecule has 0 fully saturated rings. The van der Waals surface area contributed by atoms with Crippen molar-refractivity contribution in [2.75, 3.05) is 0 Å². The number of benzene rings is 13. The molecular formula is C88H54N6. The normalized spacial score (nSPS) is 12.0. The number of rotatable bonds is 7. The average Bonchev–Trinajstić information content (AvgIpc) is 1.55. The van der Waals surface area contributed by atoms with Crippen LogP contribution in [0.4, 0.5) is 0 Å². The Morgan fingerprint density at radius 1 is 0.181 bits per heavy atom. The first-order valence-electron chi connectivity index (χ1n) is 32.2. The van der Waals surface area contributed by atoms with Crippen molar-refractivity contribution in [3.8, 4) is 67.0 Å². The first-order valence-corrected chi connectivity index (χ1v) is 32.2. The lowest BCUT2D eigenvalue weighted by Gasteiger charge is -2.09. The molecule has 6 heteroatoms. The van der Waals surface area contributed by atoms with E-state index in [-0.39, 0.29) is 0 Å². The molecule has 6 nitrogen and oxygen atoms in total. The van der Waals surface area contributed by atoms with Gasteiger partial charge in [0, 0.05) is 88.4 Å².